The fourth-order valence-corrected chi connectivity index (χ4v) is 8.38. The second-order valence-corrected chi connectivity index (χ2v) is 13.6. The highest BCUT2D eigenvalue weighted by atomic mass is 16.5. The molecule has 1 aromatic carbocycles. The number of nitriles is 1. The summed E-state index contributed by atoms with van der Waals surface area (Å²) in [6, 6.07) is 9.16. The molecule has 3 aromatic rings. The maximum absolute atomic E-state index is 10.1. The minimum atomic E-state index is -0.404. The van der Waals surface area contributed by atoms with Gasteiger partial charge in [-0.3, -0.25) is 4.90 Å². The van der Waals surface area contributed by atoms with Gasteiger partial charge >= 0.3 is 0 Å². The topological polar surface area (TPSA) is 121 Å². The Morgan fingerprint density at radius 2 is 1.98 bits per heavy atom. The Morgan fingerprint density at radius 1 is 1.14 bits per heavy atom. The van der Waals surface area contributed by atoms with Crippen molar-refractivity contribution in [1.29, 1.82) is 5.26 Å². The number of nitrogens with zero attached hydrogens (tertiary/aromatic N) is 7. The van der Waals surface area contributed by atoms with Crippen LogP contribution in [-0.2, 0) is 18.3 Å². The average molecular weight is 597 g/mol. The van der Waals surface area contributed by atoms with Gasteiger partial charge in [0.25, 0.3) is 0 Å². The summed E-state index contributed by atoms with van der Waals surface area (Å²) in [6.45, 7) is 5.08. The van der Waals surface area contributed by atoms with Crippen LogP contribution in [0.3, 0.4) is 0 Å². The number of hydrogen-bond donors (Lipinski definition) is 1. The van der Waals surface area contributed by atoms with E-state index in [1.165, 1.54) is 18.4 Å². The highest BCUT2D eigenvalue weighted by Crippen LogP contribution is 2.54. The van der Waals surface area contributed by atoms with Gasteiger partial charge in [0.2, 0.25) is 5.88 Å². The van der Waals surface area contributed by atoms with Crippen molar-refractivity contribution in [2.75, 3.05) is 51.4 Å². The summed E-state index contributed by atoms with van der Waals surface area (Å²) in [5.41, 5.74) is 11.0. The van der Waals surface area contributed by atoms with Gasteiger partial charge in [-0.25, -0.2) is 4.98 Å². The third-order valence-corrected chi connectivity index (χ3v) is 10.8. The summed E-state index contributed by atoms with van der Waals surface area (Å²) in [4.78, 5) is 17.2. The molecule has 4 heterocycles. The second kappa shape index (κ2) is 11.4. The van der Waals surface area contributed by atoms with Crippen molar-refractivity contribution in [2.24, 2.45) is 0 Å². The highest BCUT2D eigenvalue weighted by Gasteiger charge is 2.49. The van der Waals surface area contributed by atoms with E-state index in [1.54, 1.807) is 0 Å². The lowest BCUT2D eigenvalue weighted by Gasteiger charge is -2.37. The Labute approximate surface area is 260 Å². The van der Waals surface area contributed by atoms with Gasteiger partial charge in [-0.1, -0.05) is 11.2 Å². The third-order valence-electron chi connectivity index (χ3n) is 10.8. The summed E-state index contributed by atoms with van der Waals surface area (Å²) in [5.74, 6) is 2.85. The van der Waals surface area contributed by atoms with E-state index in [0.29, 0.717) is 40.7 Å². The van der Waals surface area contributed by atoms with E-state index in [-0.39, 0.29) is 6.10 Å². The first kappa shape index (κ1) is 29.1. The number of likely N-dealkylation sites (N-methyl/N-ethyl adjacent to an activating group) is 2. The highest BCUT2D eigenvalue weighted by molar-refractivity contribution is 5.68. The molecule has 0 amide bonds. The number of fused-ring (bicyclic) bond motifs is 4. The number of piperidine rings is 1. The first-order chi connectivity index (χ1) is 21.3. The quantitative estimate of drug-likeness (QED) is 0.406. The Hall–Kier alpha value is -3.68. The number of benzene rings is 1. The Bertz CT molecular complexity index is 1590. The zero-order valence-corrected chi connectivity index (χ0v) is 26.5. The number of anilines is 2. The zero-order chi connectivity index (χ0) is 30.6. The summed E-state index contributed by atoms with van der Waals surface area (Å²) in [5, 5.41) is 14.8. The molecule has 4 atom stereocenters. The molecule has 0 bridgehead atoms. The van der Waals surface area contributed by atoms with E-state index in [1.807, 2.05) is 12.1 Å². The molecule has 2 N–H and O–H groups in total. The van der Waals surface area contributed by atoms with Gasteiger partial charge < -0.3 is 24.8 Å². The van der Waals surface area contributed by atoms with E-state index < -0.39 is 5.41 Å². The Morgan fingerprint density at radius 3 is 2.75 bits per heavy atom. The maximum atomic E-state index is 10.1. The van der Waals surface area contributed by atoms with Gasteiger partial charge in [0.15, 0.2) is 17.3 Å². The van der Waals surface area contributed by atoms with Gasteiger partial charge in [0.1, 0.15) is 18.0 Å². The smallest absolute Gasteiger partial charge is 0.219 e. The molecule has 232 valence electrons. The number of hydrogen-bond acceptors (Lipinski definition) is 10. The summed E-state index contributed by atoms with van der Waals surface area (Å²) >= 11 is 0. The van der Waals surface area contributed by atoms with Crippen molar-refractivity contribution in [3.05, 3.63) is 46.2 Å². The monoisotopic (exact) mass is 596 g/mol. The molecule has 44 heavy (non-hydrogen) atoms. The lowest BCUT2D eigenvalue weighted by atomic mass is 9.68. The van der Waals surface area contributed by atoms with E-state index >= 15 is 0 Å². The van der Waals surface area contributed by atoms with Crippen molar-refractivity contribution < 1.29 is 9.26 Å². The molecule has 0 saturated carbocycles. The van der Waals surface area contributed by atoms with Crippen molar-refractivity contribution in [3.8, 4) is 23.5 Å². The number of aryl methyl sites for hydroxylation is 1. The number of aromatic nitrogens is 3. The minimum Gasteiger partial charge on any atom is -0.473 e. The van der Waals surface area contributed by atoms with Crippen LogP contribution in [0, 0.1) is 11.3 Å². The van der Waals surface area contributed by atoms with E-state index in [9.17, 15) is 5.26 Å². The van der Waals surface area contributed by atoms with Crippen LogP contribution in [0.1, 0.15) is 79.9 Å². The molecule has 2 fully saturated rings. The summed E-state index contributed by atoms with van der Waals surface area (Å²) < 4.78 is 12.9. The molecule has 1 spiro atoms. The molecular formula is C34H44N8O2. The SMILES string of the molecule is CC(Oc1cc(N2CCCC(N(C)C)C2)nc(-c2noc3c2CCCC32CCc3ccc(N)c(C#N)c32)n1)C1CCCN1C. The van der Waals surface area contributed by atoms with Crippen LogP contribution < -0.4 is 15.4 Å². The first-order valence-electron chi connectivity index (χ1n) is 16.3. The van der Waals surface area contributed by atoms with Crippen LogP contribution in [0.4, 0.5) is 11.5 Å². The van der Waals surface area contributed by atoms with Crippen LogP contribution in [0.25, 0.3) is 11.5 Å². The van der Waals surface area contributed by atoms with Crippen molar-refractivity contribution >= 4 is 11.5 Å². The van der Waals surface area contributed by atoms with Crippen molar-refractivity contribution in [3.63, 3.8) is 0 Å². The van der Waals surface area contributed by atoms with Gasteiger partial charge in [-0.05, 0) is 110 Å². The third kappa shape index (κ3) is 4.81. The average Bonchev–Trinajstić information content (AvgIpc) is 3.75. The number of rotatable bonds is 6. The van der Waals surface area contributed by atoms with Crippen LogP contribution in [0.15, 0.2) is 22.7 Å². The van der Waals surface area contributed by atoms with Gasteiger partial charge in [-0.2, -0.15) is 10.2 Å². The number of ether oxygens (including phenoxy) is 1. The predicted molar refractivity (Wildman–Crippen MR) is 170 cm³/mol. The van der Waals surface area contributed by atoms with Crippen LogP contribution in [0.5, 0.6) is 5.88 Å². The van der Waals surface area contributed by atoms with Crippen LogP contribution >= 0.6 is 0 Å². The number of nitrogen functional groups attached to an aromatic ring is 1. The Balaban J connectivity index is 1.30. The normalized spacial score (nSPS) is 25.7. The van der Waals surface area contributed by atoms with Gasteiger partial charge in [-0.15, -0.1) is 0 Å². The molecule has 2 aliphatic heterocycles. The van der Waals surface area contributed by atoms with Crippen molar-refractivity contribution in [2.45, 2.75) is 88.3 Å². The van der Waals surface area contributed by atoms with Gasteiger partial charge in [0, 0.05) is 42.5 Å². The Kier molecular flexibility index (Phi) is 7.50. The zero-order valence-electron chi connectivity index (χ0n) is 26.5. The number of nitrogens with two attached hydrogens (primary N) is 1. The molecule has 10 heteroatoms. The summed E-state index contributed by atoms with van der Waals surface area (Å²) in [7, 11) is 6.48. The lowest BCUT2D eigenvalue weighted by molar-refractivity contribution is 0.117. The standard InChI is InChI=1S/C34H44N8O2/c1-21(27-10-7-16-41(27)4)43-29-18-28(42-17-6-8-23(20-42)40(2)3)37-33(38-29)31-24-9-5-14-34(32(24)44-39-31)15-13-22-11-12-26(36)25(19-35)30(22)34/h11-12,18,21,23,27H,5-10,13-17,20,36H2,1-4H3. The first-order valence-corrected chi connectivity index (χ1v) is 16.3. The molecule has 7 rings (SSSR count). The molecule has 4 aliphatic rings. The largest absolute Gasteiger partial charge is 0.473 e. The molecule has 4 unspecified atom stereocenters. The second-order valence-electron chi connectivity index (χ2n) is 13.6. The molecule has 2 aliphatic carbocycles. The lowest BCUT2D eigenvalue weighted by Crippen LogP contribution is -2.45. The molecule has 10 nitrogen and oxygen atoms in total. The molecule has 2 aromatic heterocycles. The van der Waals surface area contributed by atoms with Crippen LogP contribution in [-0.4, -0.2) is 83.9 Å². The molecule has 0 radical (unpaired) electrons. The van der Waals surface area contributed by atoms with E-state index in [2.05, 4.69) is 60.1 Å². The number of likely N-dealkylation sites (tertiary alicyclic amines) is 1. The van der Waals surface area contributed by atoms with E-state index in [4.69, 9.17) is 25.0 Å². The van der Waals surface area contributed by atoms with E-state index in [0.717, 1.165) is 87.3 Å². The summed E-state index contributed by atoms with van der Waals surface area (Å²) in [6.07, 6.45) is 9.04. The predicted octanol–water partition coefficient (Wildman–Crippen LogP) is 4.55. The minimum absolute atomic E-state index is 0.00618. The molecular weight excluding hydrogens is 552 g/mol. The maximum Gasteiger partial charge on any atom is 0.219 e. The van der Waals surface area contributed by atoms with Crippen LogP contribution in [0.2, 0.25) is 0 Å². The fourth-order valence-electron chi connectivity index (χ4n) is 8.38. The van der Waals surface area contributed by atoms with Crippen molar-refractivity contribution in [1.82, 2.24) is 24.9 Å². The van der Waals surface area contributed by atoms with Gasteiger partial charge in [0.05, 0.1) is 11.0 Å². The fraction of sp³-hybridized carbons (Fsp3) is 0.588. The molecule has 2 saturated heterocycles.